The summed E-state index contributed by atoms with van der Waals surface area (Å²) in [7, 11) is 0. The smallest absolute Gasteiger partial charge is 0.259 e. The number of amides is 1. The number of aromatic hydroxyl groups is 1. The van der Waals surface area contributed by atoms with E-state index >= 15 is 0 Å². The lowest BCUT2D eigenvalue weighted by Crippen LogP contribution is -2.11. The van der Waals surface area contributed by atoms with Gasteiger partial charge in [-0.15, -0.1) is 0 Å². The Morgan fingerprint density at radius 1 is 1.10 bits per heavy atom. The zero-order valence-corrected chi connectivity index (χ0v) is 11.1. The summed E-state index contributed by atoms with van der Waals surface area (Å²) in [5.74, 6) is -0.381. The molecule has 21 heavy (non-hydrogen) atoms. The molecule has 1 amide bonds. The Balaban J connectivity index is 1.77. The van der Waals surface area contributed by atoms with Gasteiger partial charge in [0.05, 0.1) is 11.9 Å². The molecule has 2 N–H and O–H groups in total. The van der Waals surface area contributed by atoms with Gasteiger partial charge in [0.15, 0.2) is 0 Å². The van der Waals surface area contributed by atoms with Gasteiger partial charge in [0, 0.05) is 23.8 Å². The second-order valence-corrected chi connectivity index (χ2v) is 4.49. The molecule has 1 aromatic heterocycles. The summed E-state index contributed by atoms with van der Waals surface area (Å²) in [5, 5.41) is 12.4. The van der Waals surface area contributed by atoms with Gasteiger partial charge in [-0.2, -0.15) is 0 Å². The quantitative estimate of drug-likeness (QED) is 0.774. The van der Waals surface area contributed by atoms with Crippen molar-refractivity contribution < 1.29 is 9.90 Å². The third-order valence-corrected chi connectivity index (χ3v) is 3.08. The van der Waals surface area contributed by atoms with Gasteiger partial charge in [-0.25, -0.2) is 4.98 Å². The number of para-hydroxylation sites is 1. The fourth-order valence-electron chi connectivity index (χ4n) is 1.99. The topological polar surface area (TPSA) is 67.2 Å². The van der Waals surface area contributed by atoms with Gasteiger partial charge in [0.1, 0.15) is 5.75 Å². The third-order valence-electron chi connectivity index (χ3n) is 3.08. The Labute approximate surface area is 121 Å². The van der Waals surface area contributed by atoms with E-state index in [0.29, 0.717) is 5.69 Å². The van der Waals surface area contributed by atoms with Crippen LogP contribution in [0.25, 0.3) is 5.69 Å². The zero-order valence-electron chi connectivity index (χ0n) is 11.1. The summed E-state index contributed by atoms with van der Waals surface area (Å²) >= 11 is 0. The lowest BCUT2D eigenvalue weighted by Gasteiger charge is -2.08. The number of nitrogens with zero attached hydrogens (tertiary/aromatic N) is 2. The molecule has 0 aliphatic heterocycles. The van der Waals surface area contributed by atoms with Gasteiger partial charge in [0.25, 0.3) is 5.91 Å². The van der Waals surface area contributed by atoms with E-state index in [1.165, 1.54) is 6.07 Å². The number of nitrogens with one attached hydrogen (secondary N) is 1. The van der Waals surface area contributed by atoms with Crippen LogP contribution in [0.4, 0.5) is 5.69 Å². The van der Waals surface area contributed by atoms with Gasteiger partial charge in [-0.3, -0.25) is 4.79 Å². The highest BCUT2D eigenvalue weighted by Crippen LogP contribution is 2.18. The predicted molar refractivity (Wildman–Crippen MR) is 79.6 cm³/mol. The number of hydrogen-bond donors (Lipinski definition) is 2. The Hall–Kier alpha value is -3.08. The van der Waals surface area contributed by atoms with Gasteiger partial charge in [-0.05, 0) is 36.4 Å². The van der Waals surface area contributed by atoms with E-state index in [1.807, 2.05) is 22.9 Å². The first-order chi connectivity index (χ1) is 10.2. The minimum absolute atomic E-state index is 0.0370. The molecule has 5 nitrogen and oxygen atoms in total. The number of phenolic OH excluding ortho intramolecular Hbond substituents is 1. The van der Waals surface area contributed by atoms with Crippen molar-refractivity contribution in [1.29, 1.82) is 0 Å². The second kappa shape index (κ2) is 5.50. The molecule has 2 aromatic carbocycles. The standard InChI is InChI=1S/C16H13N3O2/c20-15-4-2-1-3-14(15)16(21)18-12-5-7-13(8-6-12)19-10-9-17-11-19/h1-11,20H,(H,18,21). The van der Waals surface area contributed by atoms with Crippen LogP contribution in [0.2, 0.25) is 0 Å². The van der Waals surface area contributed by atoms with Crippen LogP contribution in [0, 0.1) is 0 Å². The highest BCUT2D eigenvalue weighted by Gasteiger charge is 2.10. The molecule has 0 unspecified atom stereocenters. The van der Waals surface area contributed by atoms with Crippen molar-refractivity contribution in [1.82, 2.24) is 9.55 Å². The molecule has 0 aliphatic rings. The van der Waals surface area contributed by atoms with Crippen molar-refractivity contribution in [2.75, 3.05) is 5.32 Å². The van der Waals surface area contributed by atoms with E-state index in [1.54, 1.807) is 42.9 Å². The van der Waals surface area contributed by atoms with E-state index in [4.69, 9.17) is 0 Å². The number of carbonyl (C=O) groups is 1. The van der Waals surface area contributed by atoms with Crippen molar-refractivity contribution in [3.63, 3.8) is 0 Å². The maximum Gasteiger partial charge on any atom is 0.259 e. The molecule has 1 heterocycles. The predicted octanol–water partition coefficient (Wildman–Crippen LogP) is 2.83. The fraction of sp³-hybridized carbons (Fsp3) is 0. The minimum Gasteiger partial charge on any atom is -0.507 e. The van der Waals surface area contributed by atoms with Crippen LogP contribution in [0.15, 0.2) is 67.3 Å². The minimum atomic E-state index is -0.344. The van der Waals surface area contributed by atoms with Crippen LogP contribution in [-0.4, -0.2) is 20.6 Å². The van der Waals surface area contributed by atoms with E-state index in [0.717, 1.165) is 5.69 Å². The summed E-state index contributed by atoms with van der Waals surface area (Å²) in [4.78, 5) is 16.0. The molecule has 0 bridgehead atoms. The van der Waals surface area contributed by atoms with Crippen LogP contribution in [0.5, 0.6) is 5.75 Å². The van der Waals surface area contributed by atoms with E-state index in [-0.39, 0.29) is 17.2 Å². The maximum atomic E-state index is 12.1. The highest BCUT2D eigenvalue weighted by atomic mass is 16.3. The fourth-order valence-corrected chi connectivity index (χ4v) is 1.99. The van der Waals surface area contributed by atoms with Gasteiger partial charge < -0.3 is 15.0 Å². The van der Waals surface area contributed by atoms with Gasteiger partial charge in [0.2, 0.25) is 0 Å². The van der Waals surface area contributed by atoms with Crippen LogP contribution >= 0.6 is 0 Å². The van der Waals surface area contributed by atoms with Crippen LogP contribution in [0.3, 0.4) is 0 Å². The van der Waals surface area contributed by atoms with Crippen molar-refractivity contribution in [3.05, 3.63) is 72.8 Å². The molecule has 5 heteroatoms. The van der Waals surface area contributed by atoms with Crippen LogP contribution in [-0.2, 0) is 0 Å². The Kier molecular flexibility index (Phi) is 3.39. The molecule has 0 saturated heterocycles. The highest BCUT2D eigenvalue weighted by molar-refractivity contribution is 6.06. The zero-order chi connectivity index (χ0) is 14.7. The normalized spacial score (nSPS) is 10.3. The first kappa shape index (κ1) is 12.9. The molecular weight excluding hydrogens is 266 g/mol. The average molecular weight is 279 g/mol. The summed E-state index contributed by atoms with van der Waals surface area (Å²) in [5.41, 5.74) is 1.86. The van der Waals surface area contributed by atoms with Crippen molar-refractivity contribution in [3.8, 4) is 11.4 Å². The molecule has 0 atom stereocenters. The van der Waals surface area contributed by atoms with Crippen LogP contribution in [0.1, 0.15) is 10.4 Å². The SMILES string of the molecule is O=C(Nc1ccc(-n2ccnc2)cc1)c1ccccc1O. The number of anilines is 1. The lowest BCUT2D eigenvalue weighted by atomic mass is 10.2. The molecule has 0 aliphatic carbocycles. The molecule has 0 spiro atoms. The van der Waals surface area contributed by atoms with Crippen molar-refractivity contribution >= 4 is 11.6 Å². The van der Waals surface area contributed by atoms with E-state index < -0.39 is 0 Å². The third kappa shape index (κ3) is 2.76. The first-order valence-corrected chi connectivity index (χ1v) is 6.42. The molecule has 3 rings (SSSR count). The molecule has 104 valence electrons. The average Bonchev–Trinajstić information content (AvgIpc) is 3.02. The van der Waals surface area contributed by atoms with E-state index in [2.05, 4.69) is 10.3 Å². The number of imidazole rings is 1. The number of aromatic nitrogens is 2. The van der Waals surface area contributed by atoms with Gasteiger partial charge >= 0.3 is 0 Å². The first-order valence-electron chi connectivity index (χ1n) is 6.42. The number of rotatable bonds is 3. The number of hydrogen-bond acceptors (Lipinski definition) is 3. The summed E-state index contributed by atoms with van der Waals surface area (Å²) in [6.45, 7) is 0. The molecule has 0 fully saturated rings. The Morgan fingerprint density at radius 2 is 1.86 bits per heavy atom. The number of phenols is 1. The van der Waals surface area contributed by atoms with E-state index in [9.17, 15) is 9.90 Å². The summed E-state index contributed by atoms with van der Waals surface area (Å²) < 4.78 is 1.87. The number of benzene rings is 2. The van der Waals surface area contributed by atoms with Crippen molar-refractivity contribution in [2.24, 2.45) is 0 Å². The largest absolute Gasteiger partial charge is 0.507 e. The monoisotopic (exact) mass is 279 g/mol. The molecular formula is C16H13N3O2. The molecule has 0 radical (unpaired) electrons. The summed E-state index contributed by atoms with van der Waals surface area (Å²) in [6.07, 6.45) is 5.25. The Morgan fingerprint density at radius 3 is 2.52 bits per heavy atom. The van der Waals surface area contributed by atoms with Gasteiger partial charge in [-0.1, -0.05) is 12.1 Å². The molecule has 3 aromatic rings. The van der Waals surface area contributed by atoms with Crippen molar-refractivity contribution in [2.45, 2.75) is 0 Å². The van der Waals surface area contributed by atoms with Crippen LogP contribution < -0.4 is 5.32 Å². The Bertz CT molecular complexity index is 749. The lowest BCUT2D eigenvalue weighted by molar-refractivity contribution is 0.102. The second-order valence-electron chi connectivity index (χ2n) is 4.49. The number of carbonyl (C=O) groups excluding carboxylic acids is 1. The maximum absolute atomic E-state index is 12.1. The molecule has 0 saturated carbocycles. The summed E-state index contributed by atoms with van der Waals surface area (Å²) in [6, 6.07) is 13.8.